The fraction of sp³-hybridized carbons (Fsp3) is 0.273. The summed E-state index contributed by atoms with van der Waals surface area (Å²) in [6.07, 6.45) is -3.44. The molecule has 0 saturated carbocycles. The maximum Gasteiger partial charge on any atom is 0.452 e. The molecule has 0 radical (unpaired) electrons. The van der Waals surface area contributed by atoms with Crippen molar-refractivity contribution in [1.29, 1.82) is 0 Å². The minimum atomic E-state index is -4.51. The quantitative estimate of drug-likeness (QED) is 0.768. The Morgan fingerprint density at radius 1 is 1.18 bits per heavy atom. The summed E-state index contributed by atoms with van der Waals surface area (Å²) in [6, 6.07) is 5.20. The average Bonchev–Trinajstić information content (AvgIpc) is 2.65. The lowest BCUT2D eigenvalue weighted by atomic mass is 10.1. The zero-order valence-electron chi connectivity index (χ0n) is 9.28. The van der Waals surface area contributed by atoms with E-state index in [4.69, 9.17) is 0 Å². The third-order valence-electron chi connectivity index (χ3n) is 2.41. The van der Waals surface area contributed by atoms with Gasteiger partial charge in [-0.25, -0.2) is 0 Å². The van der Waals surface area contributed by atoms with Crippen molar-refractivity contribution in [2.45, 2.75) is 20.0 Å². The second-order valence-corrected chi connectivity index (χ2v) is 3.81. The van der Waals surface area contributed by atoms with E-state index < -0.39 is 12.0 Å². The van der Waals surface area contributed by atoms with Crippen LogP contribution in [-0.4, -0.2) is 14.8 Å². The molecule has 3 nitrogen and oxygen atoms in total. The Morgan fingerprint density at radius 2 is 1.88 bits per heavy atom. The third-order valence-corrected chi connectivity index (χ3v) is 2.41. The first-order valence-electron chi connectivity index (χ1n) is 4.94. The predicted molar refractivity (Wildman–Crippen MR) is 55.8 cm³/mol. The van der Waals surface area contributed by atoms with Gasteiger partial charge in [0.2, 0.25) is 5.82 Å². The van der Waals surface area contributed by atoms with Crippen LogP contribution in [0.5, 0.6) is 0 Å². The lowest BCUT2D eigenvalue weighted by Crippen LogP contribution is -2.14. The SMILES string of the molecule is Cc1ccc(-n2cnnc2C(F)(F)F)c(C)c1. The zero-order chi connectivity index (χ0) is 12.6. The highest BCUT2D eigenvalue weighted by molar-refractivity contribution is 5.43. The molecule has 0 unspecified atom stereocenters. The van der Waals surface area contributed by atoms with Crippen LogP contribution in [0.3, 0.4) is 0 Å². The fourth-order valence-electron chi connectivity index (χ4n) is 1.68. The lowest BCUT2D eigenvalue weighted by Gasteiger charge is -2.11. The summed E-state index contributed by atoms with van der Waals surface area (Å²) in [6.45, 7) is 3.64. The van der Waals surface area contributed by atoms with Crippen molar-refractivity contribution >= 4 is 0 Å². The molecular weight excluding hydrogens is 231 g/mol. The summed E-state index contributed by atoms with van der Waals surface area (Å²) in [5.41, 5.74) is 2.18. The molecule has 0 aliphatic rings. The molecule has 1 aromatic heterocycles. The molecule has 0 atom stereocenters. The summed E-state index contributed by atoms with van der Waals surface area (Å²) in [4.78, 5) is 0. The number of aromatic nitrogens is 3. The van der Waals surface area contributed by atoms with E-state index in [1.54, 1.807) is 19.1 Å². The smallest absolute Gasteiger partial charge is 0.278 e. The summed E-state index contributed by atoms with van der Waals surface area (Å²) in [5, 5.41) is 6.44. The molecule has 17 heavy (non-hydrogen) atoms. The van der Waals surface area contributed by atoms with Crippen LogP contribution >= 0.6 is 0 Å². The van der Waals surface area contributed by atoms with Crippen molar-refractivity contribution in [2.24, 2.45) is 0 Å². The molecule has 2 aromatic rings. The first kappa shape index (κ1) is 11.6. The number of hydrogen-bond acceptors (Lipinski definition) is 2. The molecule has 0 N–H and O–H groups in total. The summed E-state index contributed by atoms with van der Waals surface area (Å²) >= 11 is 0. The molecule has 2 rings (SSSR count). The van der Waals surface area contributed by atoms with Crippen molar-refractivity contribution in [2.75, 3.05) is 0 Å². The van der Waals surface area contributed by atoms with E-state index in [1.165, 1.54) is 0 Å². The lowest BCUT2D eigenvalue weighted by molar-refractivity contribution is -0.146. The van der Waals surface area contributed by atoms with Gasteiger partial charge in [0.25, 0.3) is 0 Å². The van der Waals surface area contributed by atoms with E-state index >= 15 is 0 Å². The van der Waals surface area contributed by atoms with E-state index in [-0.39, 0.29) is 0 Å². The van der Waals surface area contributed by atoms with Crippen molar-refractivity contribution in [3.8, 4) is 5.69 Å². The maximum atomic E-state index is 12.7. The number of nitrogens with zero attached hydrogens (tertiary/aromatic N) is 3. The first-order valence-corrected chi connectivity index (χ1v) is 4.94. The van der Waals surface area contributed by atoms with Gasteiger partial charge in [-0.1, -0.05) is 17.7 Å². The summed E-state index contributed by atoms with van der Waals surface area (Å²) in [7, 11) is 0. The van der Waals surface area contributed by atoms with Gasteiger partial charge in [-0.2, -0.15) is 13.2 Å². The van der Waals surface area contributed by atoms with Crippen LogP contribution in [0.1, 0.15) is 17.0 Å². The van der Waals surface area contributed by atoms with E-state index in [2.05, 4.69) is 10.2 Å². The van der Waals surface area contributed by atoms with Crippen molar-refractivity contribution in [3.63, 3.8) is 0 Å². The second-order valence-electron chi connectivity index (χ2n) is 3.81. The largest absolute Gasteiger partial charge is 0.452 e. The number of rotatable bonds is 1. The highest BCUT2D eigenvalue weighted by Crippen LogP contribution is 2.29. The van der Waals surface area contributed by atoms with E-state index in [9.17, 15) is 13.2 Å². The van der Waals surface area contributed by atoms with Gasteiger partial charge in [-0.15, -0.1) is 10.2 Å². The highest BCUT2D eigenvalue weighted by atomic mass is 19.4. The van der Waals surface area contributed by atoms with Gasteiger partial charge in [-0.05, 0) is 25.5 Å². The standard InChI is InChI=1S/C11H10F3N3/c1-7-3-4-9(8(2)5-7)17-6-15-16-10(17)11(12,13)14/h3-6H,1-2H3. The molecule has 0 spiro atoms. The van der Waals surface area contributed by atoms with Gasteiger partial charge in [-0.3, -0.25) is 4.57 Å². The number of benzene rings is 1. The molecule has 1 heterocycles. The Labute approximate surface area is 95.9 Å². The van der Waals surface area contributed by atoms with Crippen LogP contribution in [0.15, 0.2) is 24.5 Å². The van der Waals surface area contributed by atoms with E-state index in [0.29, 0.717) is 5.69 Å². The Kier molecular flexibility index (Phi) is 2.65. The van der Waals surface area contributed by atoms with E-state index in [0.717, 1.165) is 22.0 Å². The van der Waals surface area contributed by atoms with Gasteiger partial charge in [0.1, 0.15) is 6.33 Å². The Balaban J connectivity index is 2.58. The average molecular weight is 241 g/mol. The first-order chi connectivity index (χ1) is 7.89. The molecule has 1 aromatic carbocycles. The van der Waals surface area contributed by atoms with E-state index in [1.807, 2.05) is 13.0 Å². The minimum absolute atomic E-state index is 0.438. The van der Waals surface area contributed by atoms with Crippen LogP contribution in [0.25, 0.3) is 5.69 Å². The van der Waals surface area contributed by atoms with Crippen molar-refractivity contribution in [3.05, 3.63) is 41.5 Å². The predicted octanol–water partition coefficient (Wildman–Crippen LogP) is 2.90. The molecule has 0 aliphatic carbocycles. The number of alkyl halides is 3. The number of halogens is 3. The molecule has 0 saturated heterocycles. The molecule has 90 valence electrons. The Bertz CT molecular complexity index is 543. The monoisotopic (exact) mass is 241 g/mol. The molecular formula is C11H10F3N3. The molecule has 6 heteroatoms. The Morgan fingerprint density at radius 3 is 2.47 bits per heavy atom. The van der Waals surface area contributed by atoms with Gasteiger partial charge >= 0.3 is 6.18 Å². The third kappa shape index (κ3) is 2.15. The minimum Gasteiger partial charge on any atom is -0.278 e. The molecule has 0 bridgehead atoms. The van der Waals surface area contributed by atoms with Crippen molar-refractivity contribution < 1.29 is 13.2 Å². The zero-order valence-corrected chi connectivity index (χ0v) is 9.28. The van der Waals surface area contributed by atoms with Gasteiger partial charge in [0.15, 0.2) is 0 Å². The number of hydrogen-bond donors (Lipinski definition) is 0. The van der Waals surface area contributed by atoms with Crippen LogP contribution in [-0.2, 0) is 6.18 Å². The van der Waals surface area contributed by atoms with Crippen LogP contribution < -0.4 is 0 Å². The van der Waals surface area contributed by atoms with Crippen LogP contribution in [0.4, 0.5) is 13.2 Å². The fourth-order valence-corrected chi connectivity index (χ4v) is 1.68. The Hall–Kier alpha value is -1.85. The molecule has 0 aliphatic heterocycles. The summed E-state index contributed by atoms with van der Waals surface area (Å²) in [5.74, 6) is -1.01. The van der Waals surface area contributed by atoms with Gasteiger partial charge in [0.05, 0.1) is 5.69 Å². The topological polar surface area (TPSA) is 30.7 Å². The summed E-state index contributed by atoms with van der Waals surface area (Å²) < 4.78 is 38.9. The van der Waals surface area contributed by atoms with Crippen molar-refractivity contribution in [1.82, 2.24) is 14.8 Å². The van der Waals surface area contributed by atoms with Crippen LogP contribution in [0, 0.1) is 13.8 Å². The molecule has 0 fully saturated rings. The van der Waals surface area contributed by atoms with Gasteiger partial charge < -0.3 is 0 Å². The highest BCUT2D eigenvalue weighted by Gasteiger charge is 2.37. The normalized spacial score (nSPS) is 11.8. The maximum absolute atomic E-state index is 12.7. The number of aryl methyl sites for hydroxylation is 2. The molecule has 0 amide bonds. The second kappa shape index (κ2) is 3.87. The van der Waals surface area contributed by atoms with Crippen LogP contribution in [0.2, 0.25) is 0 Å². The van der Waals surface area contributed by atoms with Gasteiger partial charge in [0, 0.05) is 0 Å².